The molecule has 0 aromatic heterocycles. The van der Waals surface area contributed by atoms with Gasteiger partial charge in [-0.05, 0) is 58.2 Å². The number of hydrogen-bond acceptors (Lipinski definition) is 1. The molecule has 94 valence electrons. The average molecular weight is 264 g/mol. The highest BCUT2D eigenvalue weighted by atomic mass is 35.5. The second kappa shape index (κ2) is 8.38. The van der Waals surface area contributed by atoms with Gasteiger partial charge in [-0.3, -0.25) is 0 Å². The third kappa shape index (κ3) is 5.07. The van der Waals surface area contributed by atoms with Gasteiger partial charge in [-0.15, -0.1) is 23.2 Å². The Morgan fingerprint density at radius 2 is 1.94 bits per heavy atom. The van der Waals surface area contributed by atoms with E-state index in [2.05, 4.69) is 18.0 Å². The van der Waals surface area contributed by atoms with Crippen molar-refractivity contribution >= 4 is 23.2 Å². The molecule has 1 aliphatic rings. The van der Waals surface area contributed by atoms with Crippen molar-refractivity contribution in [3.8, 4) is 0 Å². The molecule has 0 aliphatic carbocycles. The van der Waals surface area contributed by atoms with Gasteiger partial charge in [0.05, 0.1) is 0 Å². The quantitative estimate of drug-likeness (QED) is 0.519. The molecule has 0 atom stereocenters. The molecule has 0 radical (unpaired) electrons. The van der Waals surface area contributed by atoms with Crippen molar-refractivity contribution in [2.45, 2.75) is 32.1 Å². The molecule has 0 N–H and O–H groups in total. The summed E-state index contributed by atoms with van der Waals surface area (Å²) >= 11 is 11.5. The first-order chi connectivity index (χ1) is 7.77. The van der Waals surface area contributed by atoms with Gasteiger partial charge in [-0.1, -0.05) is 11.6 Å². The molecule has 0 aromatic rings. The summed E-state index contributed by atoms with van der Waals surface area (Å²) in [7, 11) is 2.21. The van der Waals surface area contributed by atoms with Gasteiger partial charge in [-0.25, -0.2) is 0 Å². The first-order valence-corrected chi connectivity index (χ1v) is 7.34. The zero-order valence-electron chi connectivity index (χ0n) is 10.2. The maximum absolute atomic E-state index is 5.78. The van der Waals surface area contributed by atoms with Crippen LogP contribution < -0.4 is 0 Å². The number of likely N-dealkylation sites (tertiary alicyclic amines) is 1. The van der Waals surface area contributed by atoms with E-state index in [-0.39, 0.29) is 0 Å². The number of alkyl halides is 2. The van der Waals surface area contributed by atoms with Gasteiger partial charge in [0.15, 0.2) is 0 Å². The van der Waals surface area contributed by atoms with E-state index in [0.29, 0.717) is 0 Å². The van der Waals surface area contributed by atoms with Gasteiger partial charge < -0.3 is 4.90 Å². The molecule has 1 fully saturated rings. The lowest BCUT2D eigenvalue weighted by Crippen LogP contribution is -2.31. The van der Waals surface area contributed by atoms with Crippen molar-refractivity contribution in [2.75, 3.05) is 31.9 Å². The molecule has 0 aromatic carbocycles. The number of nitrogens with zero attached hydrogens (tertiary/aromatic N) is 1. The van der Waals surface area contributed by atoms with Crippen molar-refractivity contribution in [3.63, 3.8) is 0 Å². The van der Waals surface area contributed by atoms with E-state index >= 15 is 0 Å². The van der Waals surface area contributed by atoms with Crippen molar-refractivity contribution < 1.29 is 0 Å². The fourth-order valence-electron chi connectivity index (χ4n) is 2.36. The van der Waals surface area contributed by atoms with Crippen molar-refractivity contribution in [1.82, 2.24) is 4.90 Å². The Hall–Kier alpha value is 0.280. The second-order valence-electron chi connectivity index (χ2n) is 4.63. The summed E-state index contributed by atoms with van der Waals surface area (Å²) in [6, 6.07) is 0. The molecule has 1 nitrogen and oxygen atoms in total. The van der Waals surface area contributed by atoms with Gasteiger partial charge in [0, 0.05) is 11.8 Å². The molecular weight excluding hydrogens is 241 g/mol. The molecule has 0 bridgehead atoms. The first kappa shape index (κ1) is 14.3. The summed E-state index contributed by atoms with van der Waals surface area (Å²) in [5, 5.41) is 0. The van der Waals surface area contributed by atoms with Crippen LogP contribution in [-0.4, -0.2) is 36.8 Å². The van der Waals surface area contributed by atoms with E-state index in [4.69, 9.17) is 23.2 Å². The minimum Gasteiger partial charge on any atom is -0.306 e. The van der Waals surface area contributed by atoms with Crippen LogP contribution in [0.4, 0.5) is 0 Å². The summed E-state index contributed by atoms with van der Waals surface area (Å²) in [6.07, 6.45) is 8.22. The lowest BCUT2D eigenvalue weighted by molar-refractivity contribution is 0.235. The molecule has 0 unspecified atom stereocenters. The summed E-state index contributed by atoms with van der Waals surface area (Å²) in [6.45, 7) is 2.45. The van der Waals surface area contributed by atoms with Crippen LogP contribution in [0.25, 0.3) is 0 Å². The van der Waals surface area contributed by atoms with E-state index in [1.807, 2.05) is 0 Å². The largest absolute Gasteiger partial charge is 0.306 e. The van der Waals surface area contributed by atoms with Gasteiger partial charge in [0.1, 0.15) is 0 Å². The van der Waals surface area contributed by atoms with Crippen LogP contribution in [0.3, 0.4) is 0 Å². The van der Waals surface area contributed by atoms with Gasteiger partial charge in [0.25, 0.3) is 0 Å². The fourth-order valence-corrected chi connectivity index (χ4v) is 2.61. The van der Waals surface area contributed by atoms with Crippen LogP contribution >= 0.6 is 23.2 Å². The predicted octanol–water partition coefficient (Wildman–Crippen LogP) is 3.90. The molecule has 0 spiro atoms. The van der Waals surface area contributed by atoms with Crippen LogP contribution in [-0.2, 0) is 0 Å². The zero-order valence-corrected chi connectivity index (χ0v) is 11.7. The monoisotopic (exact) mass is 263 g/mol. The molecule has 1 saturated heterocycles. The van der Waals surface area contributed by atoms with Crippen LogP contribution in [0, 0.1) is 5.92 Å². The number of rotatable bonds is 6. The molecule has 1 rings (SSSR count). The van der Waals surface area contributed by atoms with Crippen LogP contribution in [0.2, 0.25) is 0 Å². The summed E-state index contributed by atoms with van der Waals surface area (Å²) < 4.78 is 0. The maximum atomic E-state index is 5.78. The maximum Gasteiger partial charge on any atom is 0.0258 e. The number of allylic oxidation sites excluding steroid dienone is 2. The Balaban J connectivity index is 2.47. The lowest BCUT2D eigenvalue weighted by Gasteiger charge is -2.30. The number of hydrogen-bond donors (Lipinski definition) is 0. The molecular formula is C13H23Cl2N. The number of halogens is 2. The van der Waals surface area contributed by atoms with Crippen molar-refractivity contribution in [2.24, 2.45) is 5.92 Å². The molecule has 1 aliphatic heterocycles. The molecule has 1 heterocycles. The van der Waals surface area contributed by atoms with E-state index < -0.39 is 0 Å². The topological polar surface area (TPSA) is 3.24 Å². The molecule has 0 amide bonds. The van der Waals surface area contributed by atoms with Crippen molar-refractivity contribution in [1.29, 1.82) is 0 Å². The normalized spacial score (nSPS) is 20.3. The van der Waals surface area contributed by atoms with Gasteiger partial charge in [-0.2, -0.15) is 0 Å². The highest BCUT2D eigenvalue weighted by molar-refractivity contribution is 6.18. The van der Waals surface area contributed by atoms with Gasteiger partial charge >= 0.3 is 0 Å². The van der Waals surface area contributed by atoms with E-state index in [9.17, 15) is 0 Å². The first-order valence-electron chi connectivity index (χ1n) is 6.27. The lowest BCUT2D eigenvalue weighted by atomic mass is 9.86. The highest BCUT2D eigenvalue weighted by Gasteiger charge is 2.19. The summed E-state index contributed by atoms with van der Waals surface area (Å²) in [5.74, 6) is 2.28. The molecule has 0 saturated carbocycles. The Bertz CT molecular complexity index is 208. The smallest absolute Gasteiger partial charge is 0.0258 e. The second-order valence-corrected chi connectivity index (χ2v) is 5.38. The Kier molecular flexibility index (Phi) is 7.51. The minimum atomic E-state index is 0.733. The third-order valence-corrected chi connectivity index (χ3v) is 3.84. The standard InChI is InChI=1S/C13H23Cl2N/c1-16-10-6-13(7-11-16)12(4-2-8-14)5-3-9-15/h4,13H,2-3,5-11H2,1H3/b12-4+. The van der Waals surface area contributed by atoms with Crippen LogP contribution in [0.15, 0.2) is 11.6 Å². The van der Waals surface area contributed by atoms with E-state index in [0.717, 1.165) is 36.9 Å². The molecule has 16 heavy (non-hydrogen) atoms. The Morgan fingerprint density at radius 1 is 1.25 bits per heavy atom. The average Bonchev–Trinajstić information content (AvgIpc) is 2.31. The Morgan fingerprint density at radius 3 is 2.50 bits per heavy atom. The zero-order chi connectivity index (χ0) is 11.8. The van der Waals surface area contributed by atoms with Gasteiger partial charge in [0.2, 0.25) is 0 Å². The van der Waals surface area contributed by atoms with Crippen LogP contribution in [0.1, 0.15) is 32.1 Å². The summed E-state index contributed by atoms with van der Waals surface area (Å²) in [4.78, 5) is 2.41. The summed E-state index contributed by atoms with van der Waals surface area (Å²) in [5.41, 5.74) is 1.61. The predicted molar refractivity (Wildman–Crippen MR) is 73.6 cm³/mol. The highest BCUT2D eigenvalue weighted by Crippen LogP contribution is 2.27. The van der Waals surface area contributed by atoms with E-state index in [1.165, 1.54) is 25.9 Å². The molecule has 3 heteroatoms. The van der Waals surface area contributed by atoms with E-state index in [1.54, 1.807) is 5.57 Å². The van der Waals surface area contributed by atoms with Crippen LogP contribution in [0.5, 0.6) is 0 Å². The Labute approximate surface area is 110 Å². The fraction of sp³-hybridized carbons (Fsp3) is 0.846. The van der Waals surface area contributed by atoms with Crippen molar-refractivity contribution in [3.05, 3.63) is 11.6 Å². The minimum absolute atomic E-state index is 0.733. The third-order valence-electron chi connectivity index (χ3n) is 3.36. The SMILES string of the molecule is CN1CCC(/C(=C/CCCl)CCCCl)CC1. The number of piperidine rings is 1.